The first-order valence-electron chi connectivity index (χ1n) is 8.19. The van der Waals surface area contributed by atoms with Crippen LogP contribution < -0.4 is 5.32 Å². The van der Waals surface area contributed by atoms with Gasteiger partial charge in [0.2, 0.25) is 15.2 Å². The number of hydrogen-bond donors (Lipinski definition) is 1. The van der Waals surface area contributed by atoms with E-state index in [2.05, 4.69) is 29.8 Å². The third kappa shape index (κ3) is 3.19. The van der Waals surface area contributed by atoms with Crippen LogP contribution in [0.4, 0.5) is 10.9 Å². The van der Waals surface area contributed by atoms with E-state index in [-0.39, 0.29) is 17.2 Å². The summed E-state index contributed by atoms with van der Waals surface area (Å²) in [6, 6.07) is 0. The highest BCUT2D eigenvalue weighted by molar-refractivity contribution is 7.89. The van der Waals surface area contributed by atoms with E-state index in [1.807, 2.05) is 0 Å². The van der Waals surface area contributed by atoms with Gasteiger partial charge in [-0.15, -0.1) is 0 Å². The number of rotatable bonds is 4. The fourth-order valence-electron chi connectivity index (χ4n) is 3.05. The van der Waals surface area contributed by atoms with Gasteiger partial charge in [0.1, 0.15) is 28.6 Å². The second-order valence-electron chi connectivity index (χ2n) is 6.16. The number of anilines is 2. The van der Waals surface area contributed by atoms with Gasteiger partial charge >= 0.3 is 0 Å². The van der Waals surface area contributed by atoms with Crippen LogP contribution in [0.1, 0.15) is 28.5 Å². The average Bonchev–Trinajstić information content (AvgIpc) is 3.20. The van der Waals surface area contributed by atoms with Gasteiger partial charge in [-0.05, 0) is 20.8 Å². The first-order chi connectivity index (χ1) is 12.9. The van der Waals surface area contributed by atoms with Gasteiger partial charge in [0.05, 0.1) is 5.69 Å². The molecule has 4 rings (SSSR count). The molecule has 0 aromatic carbocycles. The predicted octanol–water partition coefficient (Wildman–Crippen LogP) is 1.73. The van der Waals surface area contributed by atoms with E-state index in [0.717, 1.165) is 11.3 Å². The molecule has 0 unspecified atom stereocenters. The molecule has 0 fully saturated rings. The van der Waals surface area contributed by atoms with Crippen molar-refractivity contribution in [2.24, 2.45) is 0 Å². The molecule has 27 heavy (non-hydrogen) atoms. The average molecular weight is 407 g/mol. The second kappa shape index (κ2) is 6.62. The molecule has 3 aromatic heterocycles. The Labute approximate surface area is 159 Å². The molecule has 10 nitrogen and oxygen atoms in total. The maximum absolute atomic E-state index is 13.1. The number of nitrogens with one attached hydrogen (secondary N) is 1. The van der Waals surface area contributed by atoms with Gasteiger partial charge in [0.15, 0.2) is 5.76 Å². The van der Waals surface area contributed by atoms with Crippen LogP contribution in [0.5, 0.6) is 0 Å². The molecule has 1 aliphatic rings. The molecule has 0 spiro atoms. The highest BCUT2D eigenvalue weighted by Gasteiger charge is 2.34. The van der Waals surface area contributed by atoms with E-state index in [1.54, 1.807) is 20.8 Å². The molecule has 1 aliphatic heterocycles. The summed E-state index contributed by atoms with van der Waals surface area (Å²) in [5.74, 6) is 1.48. The molecule has 0 atom stereocenters. The molecule has 3 aromatic rings. The van der Waals surface area contributed by atoms with Crippen LogP contribution in [0.15, 0.2) is 15.7 Å². The van der Waals surface area contributed by atoms with Crippen LogP contribution in [0, 0.1) is 20.8 Å². The molecule has 0 saturated carbocycles. The van der Waals surface area contributed by atoms with Gasteiger partial charge in [-0.3, -0.25) is 0 Å². The Hall–Kier alpha value is -2.44. The van der Waals surface area contributed by atoms with Gasteiger partial charge in [0.25, 0.3) is 0 Å². The monoisotopic (exact) mass is 407 g/mol. The molecule has 12 heteroatoms. The molecule has 0 bridgehead atoms. The summed E-state index contributed by atoms with van der Waals surface area (Å²) < 4.78 is 36.8. The fraction of sp³-hybridized carbons (Fsp3) is 0.400. The number of aromatic nitrogens is 5. The van der Waals surface area contributed by atoms with Gasteiger partial charge in [-0.25, -0.2) is 23.4 Å². The lowest BCUT2D eigenvalue weighted by atomic mass is 10.1. The van der Waals surface area contributed by atoms with E-state index in [4.69, 9.17) is 4.52 Å². The standard InChI is InChI=1S/C15H17N7O3S2/c1-8-13(9(2)25-20-8)27(23,24)22-5-4-12-11(6-22)14(17-7-16-12)19-15-18-10(3)21-26-15/h7H,4-6H2,1-3H3,(H,16,17,18,19,21). The smallest absolute Gasteiger partial charge is 0.248 e. The summed E-state index contributed by atoms with van der Waals surface area (Å²) in [5, 5.41) is 7.49. The van der Waals surface area contributed by atoms with Gasteiger partial charge in [-0.1, -0.05) is 5.16 Å². The van der Waals surface area contributed by atoms with Crippen LogP contribution in [0.2, 0.25) is 0 Å². The number of fused-ring (bicyclic) bond motifs is 1. The van der Waals surface area contributed by atoms with E-state index in [9.17, 15) is 8.42 Å². The van der Waals surface area contributed by atoms with E-state index in [0.29, 0.717) is 35.4 Å². The third-order valence-corrected chi connectivity index (χ3v) is 7.10. The molecule has 1 N–H and O–H groups in total. The minimum absolute atomic E-state index is 0.122. The highest BCUT2D eigenvalue weighted by Crippen LogP contribution is 2.31. The van der Waals surface area contributed by atoms with E-state index >= 15 is 0 Å². The van der Waals surface area contributed by atoms with Crippen molar-refractivity contribution in [3.05, 3.63) is 34.9 Å². The quantitative estimate of drug-likeness (QED) is 0.687. The molecule has 0 saturated heterocycles. The zero-order valence-corrected chi connectivity index (χ0v) is 16.6. The lowest BCUT2D eigenvalue weighted by Gasteiger charge is -2.28. The summed E-state index contributed by atoms with van der Waals surface area (Å²) in [7, 11) is -3.74. The van der Waals surface area contributed by atoms with Crippen LogP contribution in [-0.4, -0.2) is 43.7 Å². The second-order valence-corrected chi connectivity index (χ2v) is 8.79. The Balaban J connectivity index is 1.68. The van der Waals surface area contributed by atoms with Crippen molar-refractivity contribution in [2.75, 3.05) is 11.9 Å². The van der Waals surface area contributed by atoms with Gasteiger partial charge < -0.3 is 9.84 Å². The Kier molecular flexibility index (Phi) is 4.40. The zero-order chi connectivity index (χ0) is 19.2. The molecule has 4 heterocycles. The Morgan fingerprint density at radius 1 is 1.26 bits per heavy atom. The summed E-state index contributed by atoms with van der Waals surface area (Å²) in [5.41, 5.74) is 1.90. The van der Waals surface area contributed by atoms with Crippen molar-refractivity contribution >= 4 is 32.5 Å². The molecule has 0 radical (unpaired) electrons. The lowest BCUT2D eigenvalue weighted by Crippen LogP contribution is -2.37. The lowest BCUT2D eigenvalue weighted by molar-refractivity contribution is 0.380. The molecular weight excluding hydrogens is 390 g/mol. The van der Waals surface area contributed by atoms with Crippen LogP contribution in [0.3, 0.4) is 0 Å². The minimum atomic E-state index is -3.74. The number of sulfonamides is 1. The number of aryl methyl sites for hydroxylation is 3. The van der Waals surface area contributed by atoms with Crippen LogP contribution in [0.25, 0.3) is 0 Å². The topological polar surface area (TPSA) is 127 Å². The van der Waals surface area contributed by atoms with Crippen LogP contribution >= 0.6 is 11.5 Å². The largest absolute Gasteiger partial charge is 0.360 e. The third-order valence-electron chi connectivity index (χ3n) is 4.29. The summed E-state index contributed by atoms with van der Waals surface area (Å²) >= 11 is 1.22. The first kappa shape index (κ1) is 17.9. The van der Waals surface area contributed by atoms with Crippen LogP contribution in [-0.2, 0) is 23.0 Å². The van der Waals surface area contributed by atoms with Crippen molar-refractivity contribution in [1.82, 2.24) is 28.8 Å². The summed E-state index contributed by atoms with van der Waals surface area (Å²) in [6.45, 7) is 5.50. The normalized spacial score (nSPS) is 14.9. The van der Waals surface area contributed by atoms with Crippen molar-refractivity contribution in [2.45, 2.75) is 38.6 Å². The Morgan fingerprint density at radius 2 is 2.07 bits per heavy atom. The fourth-order valence-corrected chi connectivity index (χ4v) is 5.33. The SMILES string of the molecule is Cc1nsc(Nc2ncnc3c2CN(S(=O)(=O)c2c(C)noc2C)CC3)n1. The van der Waals surface area contributed by atoms with Crippen molar-refractivity contribution in [3.8, 4) is 0 Å². The molecule has 142 valence electrons. The van der Waals surface area contributed by atoms with Crippen molar-refractivity contribution in [3.63, 3.8) is 0 Å². The van der Waals surface area contributed by atoms with Gasteiger partial charge in [0, 0.05) is 36.6 Å². The number of nitrogens with zero attached hydrogens (tertiary/aromatic N) is 6. The van der Waals surface area contributed by atoms with E-state index in [1.165, 1.54) is 22.2 Å². The van der Waals surface area contributed by atoms with Crippen molar-refractivity contribution in [1.29, 1.82) is 0 Å². The summed E-state index contributed by atoms with van der Waals surface area (Å²) in [6.07, 6.45) is 1.96. The molecular formula is C15H17N7O3S2. The van der Waals surface area contributed by atoms with Gasteiger partial charge in [-0.2, -0.15) is 8.68 Å². The zero-order valence-electron chi connectivity index (χ0n) is 14.9. The Bertz CT molecular complexity index is 1090. The Morgan fingerprint density at radius 3 is 2.74 bits per heavy atom. The molecule has 0 aliphatic carbocycles. The highest BCUT2D eigenvalue weighted by atomic mass is 32.2. The number of hydrogen-bond acceptors (Lipinski definition) is 10. The van der Waals surface area contributed by atoms with E-state index < -0.39 is 10.0 Å². The summed E-state index contributed by atoms with van der Waals surface area (Å²) in [4.78, 5) is 13.0. The van der Waals surface area contributed by atoms with Crippen molar-refractivity contribution < 1.29 is 12.9 Å². The minimum Gasteiger partial charge on any atom is -0.360 e. The molecule has 0 amide bonds. The maximum Gasteiger partial charge on any atom is 0.248 e. The maximum atomic E-state index is 13.1. The predicted molar refractivity (Wildman–Crippen MR) is 97.2 cm³/mol. The first-order valence-corrected chi connectivity index (χ1v) is 10.4.